The highest BCUT2D eigenvalue weighted by atomic mass is 16.8. The predicted molar refractivity (Wildman–Crippen MR) is 392 cm³/mol. The Hall–Kier alpha value is -9.05. The van der Waals surface area contributed by atoms with Crippen molar-refractivity contribution in [3.8, 4) is 0 Å². The van der Waals surface area contributed by atoms with Gasteiger partial charge in [-0.1, -0.05) is 303 Å². The maximum absolute atomic E-state index is 15.9. The number of aliphatic hydroxyl groups is 1. The van der Waals surface area contributed by atoms with Gasteiger partial charge in [0.2, 0.25) is 0 Å². The number of carbonyl (C=O) groups excluding carboxylic acids is 1. The lowest BCUT2D eigenvalue weighted by Gasteiger charge is -2.56. The lowest BCUT2D eigenvalue weighted by Crippen LogP contribution is -2.74. The Morgan fingerprint density at radius 2 is 0.750 bits per heavy atom. The highest BCUT2D eigenvalue weighted by molar-refractivity contribution is 5.69. The van der Waals surface area contributed by atoms with Gasteiger partial charge in [-0.25, -0.2) is 4.79 Å². The van der Waals surface area contributed by atoms with Crippen LogP contribution in [0.25, 0.3) is 0 Å². The second-order valence-electron chi connectivity index (χ2n) is 26.5. The molecule has 10 aromatic carbocycles. The first-order valence-corrected chi connectivity index (χ1v) is 35.8. The van der Waals surface area contributed by atoms with Crippen LogP contribution in [-0.2, 0) is 128 Å². The number of likely N-dealkylation sites (tertiary alicyclic amines) is 1. The van der Waals surface area contributed by atoms with Crippen molar-refractivity contribution >= 4 is 6.09 Å². The molecule has 0 saturated carbocycles. The van der Waals surface area contributed by atoms with Crippen molar-refractivity contribution in [1.82, 2.24) is 4.90 Å². The average molecular weight is 1400 g/mol. The third-order valence-electron chi connectivity index (χ3n) is 19.3. The van der Waals surface area contributed by atoms with Crippen LogP contribution in [0.1, 0.15) is 62.6 Å². The van der Waals surface area contributed by atoms with Crippen LogP contribution in [0.3, 0.4) is 0 Å². The van der Waals surface area contributed by atoms with E-state index >= 15 is 4.79 Å². The molecule has 3 unspecified atom stereocenters. The molecule has 0 spiro atoms. The van der Waals surface area contributed by atoms with E-state index in [-0.39, 0.29) is 79.2 Å². The average Bonchev–Trinajstić information content (AvgIpc) is 1.34. The zero-order chi connectivity index (χ0) is 71.0. The van der Waals surface area contributed by atoms with Crippen LogP contribution in [0.2, 0.25) is 0 Å². The number of rotatable bonds is 34. The molecule has 13 atom stereocenters. The van der Waals surface area contributed by atoms with E-state index in [0.29, 0.717) is 0 Å². The fourth-order valence-corrected chi connectivity index (χ4v) is 13.9. The van der Waals surface area contributed by atoms with Gasteiger partial charge in [0.25, 0.3) is 0 Å². The van der Waals surface area contributed by atoms with Crippen molar-refractivity contribution in [2.75, 3.05) is 13.2 Å². The number of amides is 1. The first-order valence-electron chi connectivity index (χ1n) is 35.8. The number of benzene rings is 10. The lowest BCUT2D eigenvalue weighted by atomic mass is 9.73. The molecule has 13 rings (SSSR count). The molecule has 16 nitrogen and oxygen atoms in total. The monoisotopic (exact) mass is 1400 g/mol. The molecule has 16 heteroatoms. The Kier molecular flexibility index (Phi) is 26.5. The van der Waals surface area contributed by atoms with Crippen molar-refractivity contribution in [3.05, 3.63) is 359 Å². The van der Waals surface area contributed by atoms with Gasteiger partial charge in [0.05, 0.1) is 78.3 Å². The van der Waals surface area contributed by atoms with Crippen LogP contribution in [0.4, 0.5) is 4.79 Å². The van der Waals surface area contributed by atoms with Crippen molar-refractivity contribution in [1.29, 1.82) is 0 Å². The third-order valence-corrected chi connectivity index (χ3v) is 19.3. The molecule has 1 N–H and O–H groups in total. The topological polar surface area (TPSA) is 161 Å². The molecular formula is C88H91NO15. The van der Waals surface area contributed by atoms with E-state index in [4.69, 9.17) is 61.6 Å². The molecule has 3 fully saturated rings. The van der Waals surface area contributed by atoms with Crippen molar-refractivity contribution in [2.24, 2.45) is 5.92 Å². The molecule has 3 aliphatic rings. The Bertz CT molecular complexity index is 4030. The van der Waals surface area contributed by atoms with E-state index < -0.39 is 91.4 Å². The first kappa shape index (κ1) is 73.3. The number of ether oxygens (including phenoxy) is 13. The van der Waals surface area contributed by atoms with Crippen molar-refractivity contribution in [2.45, 2.75) is 152 Å². The fraction of sp³-hybridized carbons (Fsp3) is 0.307. The van der Waals surface area contributed by atoms with E-state index in [9.17, 15) is 5.11 Å². The molecule has 0 radical (unpaired) electrons. The normalized spacial score (nSPS) is 23.9. The number of aliphatic hydroxyl groups excluding tert-OH is 1. The van der Waals surface area contributed by atoms with Gasteiger partial charge < -0.3 is 66.7 Å². The summed E-state index contributed by atoms with van der Waals surface area (Å²) in [7, 11) is 0. The summed E-state index contributed by atoms with van der Waals surface area (Å²) in [6.07, 6.45) is -13.4. The SMILES string of the molecule is C[C@H]1O[C@@H](O[C@@H]2[C@@H](OCc3ccccc3)[C@](OCc3ccccc3)(C3CN(C(=O)OCc4ccccc4)C(C(OCc4ccccc4)OCc4ccccc4)C3OCc3ccccc3)[C@@H](O)O[C@@H]2COCc2ccccc2)[C@H](OCc2ccccc2)[C@@H](OCc2ccccc2)[C@@H]1OCc1ccccc1. The van der Waals surface area contributed by atoms with E-state index in [0.717, 1.165) is 55.6 Å². The van der Waals surface area contributed by atoms with Crippen LogP contribution >= 0.6 is 0 Å². The predicted octanol–water partition coefficient (Wildman–Crippen LogP) is 15.3. The molecule has 3 saturated heterocycles. The Balaban J connectivity index is 0.989. The lowest BCUT2D eigenvalue weighted by molar-refractivity contribution is -0.401. The van der Waals surface area contributed by atoms with Gasteiger partial charge in [-0.05, 0) is 62.6 Å². The summed E-state index contributed by atoms with van der Waals surface area (Å²) < 4.78 is 94.5. The van der Waals surface area contributed by atoms with Crippen LogP contribution in [0.5, 0.6) is 0 Å². The van der Waals surface area contributed by atoms with Crippen LogP contribution in [0, 0.1) is 5.92 Å². The quantitative estimate of drug-likeness (QED) is 0.0379. The molecule has 1 amide bonds. The molecule has 104 heavy (non-hydrogen) atoms. The Morgan fingerprint density at radius 3 is 1.17 bits per heavy atom. The second-order valence-corrected chi connectivity index (χ2v) is 26.5. The summed E-state index contributed by atoms with van der Waals surface area (Å²) in [5.41, 5.74) is 6.47. The van der Waals surface area contributed by atoms with Gasteiger partial charge in [-0.3, -0.25) is 4.90 Å². The molecule has 3 heterocycles. The molecule has 3 aliphatic heterocycles. The largest absolute Gasteiger partial charge is 0.445 e. The van der Waals surface area contributed by atoms with Crippen molar-refractivity contribution < 1.29 is 71.5 Å². The van der Waals surface area contributed by atoms with Crippen LogP contribution < -0.4 is 0 Å². The Labute approximate surface area is 609 Å². The van der Waals surface area contributed by atoms with Gasteiger partial charge in [0, 0.05) is 12.5 Å². The summed E-state index contributed by atoms with van der Waals surface area (Å²) in [5, 5.41) is 14.2. The van der Waals surface area contributed by atoms with Crippen LogP contribution in [-0.4, -0.2) is 109 Å². The van der Waals surface area contributed by atoms with Gasteiger partial charge in [-0.15, -0.1) is 0 Å². The maximum atomic E-state index is 15.9. The number of nitrogens with zero attached hydrogens (tertiary/aromatic N) is 1. The summed E-state index contributed by atoms with van der Waals surface area (Å²) >= 11 is 0. The van der Waals surface area contributed by atoms with E-state index in [2.05, 4.69) is 0 Å². The zero-order valence-corrected chi connectivity index (χ0v) is 58.5. The Morgan fingerprint density at radius 1 is 0.404 bits per heavy atom. The molecule has 538 valence electrons. The van der Waals surface area contributed by atoms with Gasteiger partial charge in [-0.2, -0.15) is 0 Å². The molecular weight excluding hydrogens is 1310 g/mol. The van der Waals surface area contributed by atoms with Gasteiger partial charge in [0.15, 0.2) is 24.5 Å². The maximum Gasteiger partial charge on any atom is 0.410 e. The minimum atomic E-state index is -2.10. The summed E-state index contributed by atoms with van der Waals surface area (Å²) in [6.45, 7) is 2.33. The number of hydrogen-bond acceptors (Lipinski definition) is 15. The minimum absolute atomic E-state index is 0.0265. The molecule has 0 aromatic heterocycles. The van der Waals surface area contributed by atoms with Gasteiger partial charge >= 0.3 is 6.09 Å². The van der Waals surface area contributed by atoms with E-state index in [1.54, 1.807) is 4.90 Å². The molecule has 10 aromatic rings. The fourth-order valence-electron chi connectivity index (χ4n) is 13.9. The minimum Gasteiger partial charge on any atom is -0.445 e. The first-order chi connectivity index (χ1) is 51.3. The van der Waals surface area contributed by atoms with Gasteiger partial charge in [0.1, 0.15) is 49.3 Å². The smallest absolute Gasteiger partial charge is 0.410 e. The standard InChI is InChI=1S/C88H91NO15/c1-64-78(93-54-66-34-14-3-15-35-66)81(95-56-68-38-18-5-19-39-68)82(96-57-69-40-20-6-21-41-69)85(102-64)104-80-76(63-92-53-65-32-12-2-13-33-65)103-86(90)88(101-62-74-50-30-11-31-51-74,83(80)97-58-70-42-22-7-23-43-70)75-52-89(87(91)100-61-73-48-28-10-29-49-73)77(79(75)94-55-67-36-16-4-17-37-67)84(98-59-71-44-24-8-25-45-71)99-60-72-46-26-9-27-47-72/h2-51,64,75-86,90H,52-63H2,1H3/t64-,75?,76-,77?,78-,79?,80+,81+,82-,83-,85+,86+,88-/m1/s1. The summed E-state index contributed by atoms with van der Waals surface area (Å²) in [6, 6.07) is 96.9. The molecule has 0 bridgehead atoms. The number of carbonyl (C=O) groups is 1. The summed E-state index contributed by atoms with van der Waals surface area (Å²) in [4.78, 5) is 17.5. The highest BCUT2D eigenvalue weighted by Gasteiger charge is 2.69. The number of hydrogen-bond donors (Lipinski definition) is 1. The van der Waals surface area contributed by atoms with Crippen molar-refractivity contribution in [3.63, 3.8) is 0 Å². The zero-order valence-electron chi connectivity index (χ0n) is 58.5. The second kappa shape index (κ2) is 37.6. The van der Waals surface area contributed by atoms with E-state index in [1.165, 1.54) is 0 Å². The highest BCUT2D eigenvalue weighted by Crippen LogP contribution is 2.50. The van der Waals surface area contributed by atoms with Crippen LogP contribution in [0.15, 0.2) is 303 Å². The van der Waals surface area contributed by atoms with E-state index in [1.807, 2.05) is 310 Å². The molecule has 0 aliphatic carbocycles. The summed E-state index contributed by atoms with van der Waals surface area (Å²) in [5.74, 6) is -1.13. The third kappa shape index (κ3) is 19.5.